The van der Waals surface area contributed by atoms with Crippen LogP contribution in [-0.2, 0) is 4.74 Å². The van der Waals surface area contributed by atoms with Crippen LogP contribution in [0.1, 0.15) is 46.2 Å². The predicted molar refractivity (Wildman–Crippen MR) is 96.5 cm³/mol. The molecule has 1 aliphatic rings. The van der Waals surface area contributed by atoms with Crippen LogP contribution in [0.5, 0.6) is 0 Å². The Labute approximate surface area is 147 Å². The Morgan fingerprint density at radius 2 is 2.04 bits per heavy atom. The maximum Gasteiger partial charge on any atom is 0.410 e. The van der Waals surface area contributed by atoms with Crippen LogP contribution >= 0.6 is 15.9 Å². The quantitative estimate of drug-likeness (QED) is 0.757. The Bertz CT molecular complexity index is 556. The van der Waals surface area contributed by atoms with Crippen LogP contribution < -0.4 is 0 Å². The van der Waals surface area contributed by atoms with Crippen molar-refractivity contribution in [2.75, 3.05) is 19.6 Å². The Balaban J connectivity index is 1.99. The van der Waals surface area contributed by atoms with E-state index in [-0.39, 0.29) is 12.1 Å². The fourth-order valence-electron chi connectivity index (χ4n) is 2.91. The van der Waals surface area contributed by atoms with Gasteiger partial charge in [0.25, 0.3) is 0 Å². The average Bonchev–Trinajstić information content (AvgIpc) is 2.44. The molecule has 0 saturated carbocycles. The van der Waals surface area contributed by atoms with E-state index in [1.807, 2.05) is 31.7 Å². The number of carbonyl (C=O) groups is 1. The second-order valence-electron chi connectivity index (χ2n) is 7.25. The largest absolute Gasteiger partial charge is 0.444 e. The van der Waals surface area contributed by atoms with Crippen LogP contribution in [0.15, 0.2) is 28.7 Å². The minimum atomic E-state index is -0.447. The number of benzene rings is 1. The van der Waals surface area contributed by atoms with Crippen LogP contribution in [0, 0.1) is 0 Å². The molecule has 23 heavy (non-hydrogen) atoms. The molecule has 4 nitrogen and oxygen atoms in total. The zero-order valence-corrected chi connectivity index (χ0v) is 16.3. The van der Waals surface area contributed by atoms with E-state index in [0.717, 1.165) is 17.6 Å². The highest BCUT2D eigenvalue weighted by molar-refractivity contribution is 9.10. The molecule has 1 aliphatic heterocycles. The SMILES string of the molecule is CC(c1cccc(Br)c1)N1CCN(C(=O)OC(C)(C)C)[C@H](C)C1. The number of piperazine rings is 1. The summed E-state index contributed by atoms with van der Waals surface area (Å²) in [6.07, 6.45) is -0.209. The number of amides is 1. The summed E-state index contributed by atoms with van der Waals surface area (Å²) in [5, 5.41) is 0. The van der Waals surface area contributed by atoms with Gasteiger partial charge in [-0.05, 0) is 52.3 Å². The summed E-state index contributed by atoms with van der Waals surface area (Å²) in [5.41, 5.74) is 0.842. The van der Waals surface area contributed by atoms with Gasteiger partial charge in [-0.3, -0.25) is 4.90 Å². The number of rotatable bonds is 2. The zero-order valence-electron chi connectivity index (χ0n) is 14.7. The highest BCUT2D eigenvalue weighted by Crippen LogP contribution is 2.26. The fraction of sp³-hybridized carbons (Fsp3) is 0.611. The molecule has 0 aromatic heterocycles. The van der Waals surface area contributed by atoms with Gasteiger partial charge in [0.15, 0.2) is 0 Å². The number of halogens is 1. The van der Waals surface area contributed by atoms with Crippen LogP contribution in [0.4, 0.5) is 4.79 Å². The van der Waals surface area contributed by atoms with Gasteiger partial charge < -0.3 is 9.64 Å². The molecule has 1 amide bonds. The molecule has 0 radical (unpaired) electrons. The topological polar surface area (TPSA) is 32.8 Å². The molecule has 2 atom stereocenters. The van der Waals surface area contributed by atoms with Gasteiger partial charge in [-0.25, -0.2) is 4.79 Å². The summed E-state index contributed by atoms with van der Waals surface area (Å²) in [7, 11) is 0. The Kier molecular flexibility index (Phi) is 5.74. The molecule has 1 saturated heterocycles. The molecule has 2 rings (SSSR count). The fourth-order valence-corrected chi connectivity index (χ4v) is 3.32. The monoisotopic (exact) mass is 382 g/mol. The molecule has 0 spiro atoms. The summed E-state index contributed by atoms with van der Waals surface area (Å²) < 4.78 is 6.61. The second kappa shape index (κ2) is 7.22. The third-order valence-electron chi connectivity index (χ3n) is 4.17. The molecule has 0 bridgehead atoms. The van der Waals surface area contributed by atoms with Gasteiger partial charge in [0.1, 0.15) is 5.60 Å². The van der Waals surface area contributed by atoms with Crippen molar-refractivity contribution in [1.82, 2.24) is 9.80 Å². The molecule has 128 valence electrons. The van der Waals surface area contributed by atoms with Crippen LogP contribution in [0.3, 0.4) is 0 Å². The third-order valence-corrected chi connectivity index (χ3v) is 4.66. The smallest absolute Gasteiger partial charge is 0.410 e. The third kappa shape index (κ3) is 4.95. The van der Waals surface area contributed by atoms with Gasteiger partial charge in [0.05, 0.1) is 0 Å². The minimum absolute atomic E-state index is 0.146. The Morgan fingerprint density at radius 3 is 2.61 bits per heavy atom. The van der Waals surface area contributed by atoms with Gasteiger partial charge >= 0.3 is 6.09 Å². The van der Waals surface area contributed by atoms with Gasteiger partial charge in [0, 0.05) is 36.2 Å². The molecule has 0 N–H and O–H groups in total. The summed E-state index contributed by atoms with van der Waals surface area (Å²) in [4.78, 5) is 16.6. The molecule has 5 heteroatoms. The molecular formula is C18H27BrN2O2. The first-order valence-electron chi connectivity index (χ1n) is 8.16. The van der Waals surface area contributed by atoms with Gasteiger partial charge in [-0.1, -0.05) is 28.1 Å². The van der Waals surface area contributed by atoms with Crippen molar-refractivity contribution in [3.05, 3.63) is 34.3 Å². The Morgan fingerprint density at radius 1 is 1.35 bits per heavy atom. The Hall–Kier alpha value is -1.07. The zero-order chi connectivity index (χ0) is 17.2. The maximum absolute atomic E-state index is 12.3. The van der Waals surface area contributed by atoms with Crippen molar-refractivity contribution in [3.63, 3.8) is 0 Å². The highest BCUT2D eigenvalue weighted by Gasteiger charge is 2.32. The highest BCUT2D eigenvalue weighted by atomic mass is 79.9. The first-order valence-corrected chi connectivity index (χ1v) is 8.96. The standard InChI is InChI=1S/C18H27BrN2O2/c1-13-12-20(14(2)15-7-6-8-16(19)11-15)9-10-21(13)17(22)23-18(3,4)5/h6-8,11,13-14H,9-10,12H2,1-5H3/t13-,14?/m1/s1. The van der Waals surface area contributed by atoms with E-state index in [1.165, 1.54) is 5.56 Å². The van der Waals surface area contributed by atoms with E-state index in [0.29, 0.717) is 12.6 Å². The van der Waals surface area contributed by atoms with Crippen molar-refractivity contribution < 1.29 is 9.53 Å². The van der Waals surface area contributed by atoms with E-state index in [1.54, 1.807) is 0 Å². The van der Waals surface area contributed by atoms with E-state index >= 15 is 0 Å². The summed E-state index contributed by atoms with van der Waals surface area (Å²) in [5.74, 6) is 0. The van der Waals surface area contributed by atoms with E-state index < -0.39 is 5.60 Å². The lowest BCUT2D eigenvalue weighted by Crippen LogP contribution is -2.55. The van der Waals surface area contributed by atoms with Gasteiger partial charge in [0.2, 0.25) is 0 Å². The molecular weight excluding hydrogens is 356 g/mol. The summed E-state index contributed by atoms with van der Waals surface area (Å²) in [6.45, 7) is 12.4. The van der Waals surface area contributed by atoms with Crippen LogP contribution in [0.25, 0.3) is 0 Å². The maximum atomic E-state index is 12.3. The van der Waals surface area contributed by atoms with Crippen LogP contribution in [0.2, 0.25) is 0 Å². The molecule has 1 unspecified atom stereocenters. The number of hydrogen-bond acceptors (Lipinski definition) is 3. The van der Waals surface area contributed by atoms with Crippen molar-refractivity contribution in [2.45, 2.75) is 52.3 Å². The molecule has 0 aliphatic carbocycles. The van der Waals surface area contributed by atoms with Crippen molar-refractivity contribution in [2.24, 2.45) is 0 Å². The van der Waals surface area contributed by atoms with Gasteiger partial charge in [-0.2, -0.15) is 0 Å². The minimum Gasteiger partial charge on any atom is -0.444 e. The second-order valence-corrected chi connectivity index (χ2v) is 8.16. The number of nitrogens with zero attached hydrogens (tertiary/aromatic N) is 2. The lowest BCUT2D eigenvalue weighted by molar-refractivity contribution is -0.00348. The number of carbonyl (C=O) groups excluding carboxylic acids is 1. The first kappa shape index (κ1) is 18.3. The van der Waals surface area contributed by atoms with Crippen molar-refractivity contribution in [1.29, 1.82) is 0 Å². The van der Waals surface area contributed by atoms with E-state index in [9.17, 15) is 4.79 Å². The number of ether oxygens (including phenoxy) is 1. The first-order chi connectivity index (χ1) is 10.7. The normalized spacial score (nSPS) is 21.1. The lowest BCUT2D eigenvalue weighted by atomic mass is 10.0. The lowest BCUT2D eigenvalue weighted by Gasteiger charge is -2.42. The van der Waals surface area contributed by atoms with Crippen molar-refractivity contribution in [3.8, 4) is 0 Å². The molecule has 1 heterocycles. The molecule has 1 fully saturated rings. The van der Waals surface area contributed by atoms with Gasteiger partial charge in [-0.15, -0.1) is 0 Å². The predicted octanol–water partition coefficient (Wildman–Crippen LogP) is 4.45. The molecule has 1 aromatic carbocycles. The summed E-state index contributed by atoms with van der Waals surface area (Å²) in [6, 6.07) is 8.90. The average molecular weight is 383 g/mol. The van der Waals surface area contributed by atoms with Crippen molar-refractivity contribution >= 4 is 22.0 Å². The summed E-state index contributed by atoms with van der Waals surface area (Å²) >= 11 is 3.53. The van der Waals surface area contributed by atoms with Crippen LogP contribution in [-0.4, -0.2) is 47.2 Å². The van der Waals surface area contributed by atoms with E-state index in [4.69, 9.17) is 4.74 Å². The van der Waals surface area contributed by atoms with E-state index in [2.05, 4.69) is 52.9 Å². The molecule has 1 aromatic rings. The number of hydrogen-bond donors (Lipinski definition) is 0.